The fourth-order valence-corrected chi connectivity index (χ4v) is 2.43. The van der Waals surface area contributed by atoms with Crippen LogP contribution in [0.1, 0.15) is 65.2 Å². The predicted molar refractivity (Wildman–Crippen MR) is 68.4 cm³/mol. The van der Waals surface area contributed by atoms with Crippen molar-refractivity contribution in [3.8, 4) is 0 Å². The minimum absolute atomic E-state index is 0.836. The first-order chi connectivity index (χ1) is 7.49. The smallest absolute Gasteiger partial charge is 0.321 e. The van der Waals surface area contributed by atoms with E-state index in [1.165, 1.54) is 5.82 Å². The second-order valence-electron chi connectivity index (χ2n) is 4.29. The van der Waals surface area contributed by atoms with Gasteiger partial charge in [0.05, 0.1) is 0 Å². The molecule has 0 aliphatic heterocycles. The normalized spacial score (nSPS) is 11.5. The van der Waals surface area contributed by atoms with Crippen LogP contribution in [0.5, 0.6) is 0 Å². The van der Waals surface area contributed by atoms with Crippen LogP contribution in [0.4, 0.5) is 0 Å². The van der Waals surface area contributed by atoms with Crippen molar-refractivity contribution in [2.45, 2.75) is 65.2 Å². The summed E-state index contributed by atoms with van der Waals surface area (Å²) in [5.74, 6) is 1.18. The molecule has 0 aromatic carbocycles. The average Bonchev–Trinajstić information content (AvgIpc) is 2.16. The molecule has 0 aliphatic carbocycles. The molecule has 0 rings (SSSR count). The van der Waals surface area contributed by atoms with Crippen LogP contribution in [0.25, 0.3) is 0 Å². The lowest BCUT2D eigenvalue weighted by Crippen LogP contribution is -1.87. The summed E-state index contributed by atoms with van der Waals surface area (Å²) in [6.45, 7) is 4.26. The third kappa shape index (κ3) is 10.4. The Morgan fingerprint density at radius 3 is 1.75 bits per heavy atom. The van der Waals surface area contributed by atoms with Gasteiger partial charge in [0.1, 0.15) is 0 Å². The van der Waals surface area contributed by atoms with Crippen LogP contribution in [0.3, 0.4) is 0 Å². The molecule has 0 atom stereocenters. The molecule has 0 bridgehead atoms. The van der Waals surface area contributed by atoms with Gasteiger partial charge in [-0.05, 0) is 25.7 Å². The highest BCUT2D eigenvalue weighted by atomic mass is 31.2. The number of rotatable bonds is 9. The summed E-state index contributed by atoms with van der Waals surface area (Å²) in [6.07, 6.45) is 8.28. The van der Waals surface area contributed by atoms with Gasteiger partial charge in [-0.3, -0.25) is 4.57 Å². The van der Waals surface area contributed by atoms with E-state index in [9.17, 15) is 4.57 Å². The van der Waals surface area contributed by atoms with Gasteiger partial charge in [0.2, 0.25) is 0 Å². The minimum Gasteiger partial charge on any atom is -0.321 e. The Morgan fingerprint density at radius 1 is 1.00 bits per heavy atom. The summed E-state index contributed by atoms with van der Waals surface area (Å²) in [6, 6.07) is 0. The average molecular weight is 248 g/mol. The predicted octanol–water partition coefficient (Wildman–Crippen LogP) is 4.21. The molecule has 0 heterocycles. The van der Waals surface area contributed by atoms with Gasteiger partial charge in [-0.15, -0.1) is 0 Å². The molecular formula is C12H25O3P. The Kier molecular flexibility index (Phi) is 8.91. The molecule has 0 aliphatic rings. The van der Waals surface area contributed by atoms with Crippen molar-refractivity contribution >= 4 is 7.60 Å². The third-order valence-corrected chi connectivity index (χ3v) is 3.26. The fraction of sp³-hybridized carbons (Fsp3) is 0.833. The van der Waals surface area contributed by atoms with E-state index < -0.39 is 7.60 Å². The van der Waals surface area contributed by atoms with E-state index in [1.807, 2.05) is 0 Å². The summed E-state index contributed by atoms with van der Waals surface area (Å²) >= 11 is 0. The molecule has 0 saturated heterocycles. The summed E-state index contributed by atoms with van der Waals surface area (Å²) < 4.78 is 10.9. The van der Waals surface area contributed by atoms with Crippen LogP contribution < -0.4 is 0 Å². The summed E-state index contributed by atoms with van der Waals surface area (Å²) in [5.41, 5.74) is 0.940. The van der Waals surface area contributed by atoms with Gasteiger partial charge in [-0.1, -0.05) is 45.1 Å². The monoisotopic (exact) mass is 248 g/mol. The van der Waals surface area contributed by atoms with Crippen molar-refractivity contribution in [1.29, 1.82) is 0 Å². The van der Waals surface area contributed by atoms with Crippen LogP contribution in [0, 0.1) is 0 Å². The molecular weight excluding hydrogens is 223 g/mol. The molecule has 0 fully saturated rings. The van der Waals surface area contributed by atoms with Crippen molar-refractivity contribution in [2.24, 2.45) is 0 Å². The van der Waals surface area contributed by atoms with Crippen molar-refractivity contribution in [2.75, 3.05) is 0 Å². The second kappa shape index (κ2) is 8.98. The van der Waals surface area contributed by atoms with Crippen molar-refractivity contribution < 1.29 is 14.4 Å². The first-order valence-electron chi connectivity index (χ1n) is 6.25. The maximum absolute atomic E-state index is 10.9. The van der Waals surface area contributed by atoms with Crippen LogP contribution >= 0.6 is 7.60 Å². The molecule has 2 N–H and O–H groups in total. The molecule has 0 aromatic heterocycles. The summed E-state index contributed by atoms with van der Waals surface area (Å²) in [7, 11) is -3.98. The number of hydrogen-bond donors (Lipinski definition) is 2. The van der Waals surface area contributed by atoms with Gasteiger partial charge in [0.25, 0.3) is 0 Å². The first kappa shape index (κ1) is 15.9. The number of hydrogen-bond acceptors (Lipinski definition) is 1. The van der Waals surface area contributed by atoms with Gasteiger partial charge in [0, 0.05) is 5.82 Å². The van der Waals surface area contributed by atoms with Crippen LogP contribution in [0.15, 0.2) is 11.4 Å². The fourth-order valence-electron chi connectivity index (χ4n) is 1.70. The standard InChI is InChI=1S/C12H25O3P/c1-3-5-7-9-12(10-8-6-4-2)11-16(13,14)15/h11H,3-10H2,1-2H3,(H2,13,14,15). The molecule has 16 heavy (non-hydrogen) atoms. The lowest BCUT2D eigenvalue weighted by Gasteiger charge is -2.08. The van der Waals surface area contributed by atoms with Crippen LogP contribution in [0.2, 0.25) is 0 Å². The molecule has 0 saturated carbocycles. The SMILES string of the molecule is CCCCCC(=CP(=O)(O)O)CCCCC. The highest BCUT2D eigenvalue weighted by Gasteiger charge is 2.10. The van der Waals surface area contributed by atoms with Gasteiger partial charge in [-0.2, -0.15) is 0 Å². The number of allylic oxidation sites excluding steroid dienone is 1. The third-order valence-electron chi connectivity index (χ3n) is 2.55. The summed E-state index contributed by atoms with van der Waals surface area (Å²) in [5, 5.41) is 0. The molecule has 0 unspecified atom stereocenters. The second-order valence-corrected chi connectivity index (χ2v) is 5.73. The molecule has 4 heteroatoms. The molecule has 0 spiro atoms. The first-order valence-corrected chi connectivity index (χ1v) is 7.93. The van der Waals surface area contributed by atoms with E-state index >= 15 is 0 Å². The van der Waals surface area contributed by atoms with E-state index in [2.05, 4.69) is 13.8 Å². The highest BCUT2D eigenvalue weighted by molar-refractivity contribution is 7.55. The quantitative estimate of drug-likeness (QED) is 0.474. The van der Waals surface area contributed by atoms with E-state index in [1.54, 1.807) is 0 Å². The van der Waals surface area contributed by atoms with Crippen molar-refractivity contribution in [3.63, 3.8) is 0 Å². The van der Waals surface area contributed by atoms with Crippen LogP contribution in [-0.4, -0.2) is 9.79 Å². The molecule has 0 amide bonds. The zero-order chi connectivity index (χ0) is 12.4. The Balaban J connectivity index is 4.16. The van der Waals surface area contributed by atoms with E-state index in [0.717, 1.165) is 56.9 Å². The zero-order valence-corrected chi connectivity index (χ0v) is 11.4. The highest BCUT2D eigenvalue weighted by Crippen LogP contribution is 2.39. The van der Waals surface area contributed by atoms with E-state index in [4.69, 9.17) is 9.79 Å². The van der Waals surface area contributed by atoms with E-state index in [0.29, 0.717) is 0 Å². The summed E-state index contributed by atoms with van der Waals surface area (Å²) in [4.78, 5) is 17.9. The largest absolute Gasteiger partial charge is 0.349 e. The molecule has 0 aromatic rings. The van der Waals surface area contributed by atoms with Crippen molar-refractivity contribution in [3.05, 3.63) is 11.4 Å². The van der Waals surface area contributed by atoms with Gasteiger partial charge in [-0.25, -0.2) is 0 Å². The van der Waals surface area contributed by atoms with Gasteiger partial charge < -0.3 is 9.79 Å². The minimum atomic E-state index is -3.98. The lowest BCUT2D eigenvalue weighted by atomic mass is 10.0. The molecule has 3 nitrogen and oxygen atoms in total. The Labute approximate surface area is 99.1 Å². The Bertz CT molecular complexity index is 231. The van der Waals surface area contributed by atoms with Crippen LogP contribution in [-0.2, 0) is 4.57 Å². The maximum Gasteiger partial charge on any atom is 0.349 e. The number of unbranched alkanes of at least 4 members (excludes halogenated alkanes) is 4. The maximum atomic E-state index is 10.9. The van der Waals surface area contributed by atoms with Gasteiger partial charge in [0.15, 0.2) is 0 Å². The Morgan fingerprint density at radius 2 is 1.44 bits per heavy atom. The zero-order valence-electron chi connectivity index (χ0n) is 10.5. The lowest BCUT2D eigenvalue weighted by molar-refractivity contribution is 0.385. The van der Waals surface area contributed by atoms with E-state index in [-0.39, 0.29) is 0 Å². The topological polar surface area (TPSA) is 57.5 Å². The van der Waals surface area contributed by atoms with Gasteiger partial charge >= 0.3 is 7.60 Å². The molecule has 96 valence electrons. The molecule has 0 radical (unpaired) electrons. The van der Waals surface area contributed by atoms with Crippen molar-refractivity contribution in [1.82, 2.24) is 0 Å². The Hall–Kier alpha value is -0.110.